The average molecular weight is 293 g/mol. The van der Waals surface area contributed by atoms with Crippen molar-refractivity contribution in [2.75, 3.05) is 20.3 Å². The molecule has 1 N–H and O–H groups in total. The standard InChI is InChI=1S/C17H27NO3/c1-13(2)11-18-12-15-8-5-7-14(3)17(15)21-10-6-9-16(19)20-4/h5,7-8,13,18H,6,9-12H2,1-4H3. The van der Waals surface area contributed by atoms with E-state index in [4.69, 9.17) is 4.74 Å². The molecule has 0 atom stereocenters. The van der Waals surface area contributed by atoms with Crippen LogP contribution in [0.5, 0.6) is 5.75 Å². The van der Waals surface area contributed by atoms with Crippen molar-refractivity contribution < 1.29 is 14.3 Å². The van der Waals surface area contributed by atoms with Gasteiger partial charge in [-0.15, -0.1) is 0 Å². The van der Waals surface area contributed by atoms with Crippen molar-refractivity contribution in [3.8, 4) is 5.75 Å². The Kier molecular flexibility index (Phi) is 7.83. The number of esters is 1. The SMILES string of the molecule is COC(=O)CCCOc1c(C)cccc1CNCC(C)C. The lowest BCUT2D eigenvalue weighted by molar-refractivity contribution is -0.140. The Balaban J connectivity index is 2.52. The summed E-state index contributed by atoms with van der Waals surface area (Å²) in [5.41, 5.74) is 2.28. The zero-order valence-corrected chi connectivity index (χ0v) is 13.6. The second-order valence-corrected chi connectivity index (χ2v) is 5.62. The number of ether oxygens (including phenoxy) is 2. The highest BCUT2D eigenvalue weighted by Crippen LogP contribution is 2.23. The normalized spacial score (nSPS) is 10.7. The van der Waals surface area contributed by atoms with Gasteiger partial charge >= 0.3 is 5.97 Å². The summed E-state index contributed by atoms with van der Waals surface area (Å²) in [5, 5.41) is 3.43. The number of hydrogen-bond donors (Lipinski definition) is 1. The Bertz CT molecular complexity index is 444. The third-order valence-electron chi connectivity index (χ3n) is 3.16. The number of carbonyl (C=O) groups excluding carboxylic acids is 1. The van der Waals surface area contributed by atoms with Crippen LogP contribution in [0.25, 0.3) is 0 Å². The molecule has 21 heavy (non-hydrogen) atoms. The third kappa shape index (κ3) is 6.63. The molecule has 1 rings (SSSR count). The van der Waals surface area contributed by atoms with Gasteiger partial charge in [-0.1, -0.05) is 32.0 Å². The highest BCUT2D eigenvalue weighted by molar-refractivity contribution is 5.69. The van der Waals surface area contributed by atoms with Crippen LogP contribution in [-0.2, 0) is 16.1 Å². The number of hydrogen-bond acceptors (Lipinski definition) is 4. The van der Waals surface area contributed by atoms with Gasteiger partial charge in [0.1, 0.15) is 5.75 Å². The second kappa shape index (κ2) is 9.40. The summed E-state index contributed by atoms with van der Waals surface area (Å²) in [6, 6.07) is 6.17. The fourth-order valence-electron chi connectivity index (χ4n) is 2.05. The van der Waals surface area contributed by atoms with Crippen LogP contribution in [-0.4, -0.2) is 26.2 Å². The van der Waals surface area contributed by atoms with Gasteiger partial charge in [0.2, 0.25) is 0 Å². The van der Waals surface area contributed by atoms with Crippen LogP contribution in [0.3, 0.4) is 0 Å². The summed E-state index contributed by atoms with van der Waals surface area (Å²) in [4.78, 5) is 11.1. The zero-order valence-electron chi connectivity index (χ0n) is 13.6. The summed E-state index contributed by atoms with van der Waals surface area (Å²) >= 11 is 0. The number of benzene rings is 1. The summed E-state index contributed by atoms with van der Waals surface area (Å²) < 4.78 is 10.5. The van der Waals surface area contributed by atoms with E-state index in [0.717, 1.165) is 30.0 Å². The molecule has 1 aromatic rings. The van der Waals surface area contributed by atoms with E-state index in [-0.39, 0.29) is 5.97 Å². The van der Waals surface area contributed by atoms with Gasteiger partial charge in [-0.2, -0.15) is 0 Å². The lowest BCUT2D eigenvalue weighted by Gasteiger charge is -2.15. The lowest BCUT2D eigenvalue weighted by Crippen LogP contribution is -2.19. The fraction of sp³-hybridized carbons (Fsp3) is 0.588. The van der Waals surface area contributed by atoms with Crippen molar-refractivity contribution in [1.82, 2.24) is 5.32 Å². The predicted octanol–water partition coefficient (Wildman–Crippen LogP) is 3.07. The van der Waals surface area contributed by atoms with E-state index >= 15 is 0 Å². The number of rotatable bonds is 9. The Morgan fingerprint density at radius 2 is 2.10 bits per heavy atom. The minimum Gasteiger partial charge on any atom is -0.493 e. The van der Waals surface area contributed by atoms with Crippen molar-refractivity contribution >= 4 is 5.97 Å². The highest BCUT2D eigenvalue weighted by atomic mass is 16.5. The molecule has 0 fully saturated rings. The summed E-state index contributed by atoms with van der Waals surface area (Å²) in [6.45, 7) is 8.72. The van der Waals surface area contributed by atoms with Crippen molar-refractivity contribution in [2.45, 2.75) is 40.2 Å². The quantitative estimate of drug-likeness (QED) is 0.561. The first kappa shape index (κ1) is 17.5. The molecule has 0 saturated carbocycles. The molecule has 0 saturated heterocycles. The molecule has 1 aromatic carbocycles. The molecule has 0 spiro atoms. The first-order valence-electron chi connectivity index (χ1n) is 7.53. The van der Waals surface area contributed by atoms with Gasteiger partial charge in [0.25, 0.3) is 0 Å². The number of aryl methyl sites for hydroxylation is 1. The third-order valence-corrected chi connectivity index (χ3v) is 3.16. The Hall–Kier alpha value is -1.55. The zero-order chi connectivity index (χ0) is 15.7. The number of nitrogens with one attached hydrogen (secondary N) is 1. The topological polar surface area (TPSA) is 47.6 Å². The van der Waals surface area contributed by atoms with Crippen LogP contribution in [0.4, 0.5) is 0 Å². The van der Waals surface area contributed by atoms with Crippen LogP contribution >= 0.6 is 0 Å². The maximum Gasteiger partial charge on any atom is 0.305 e. The maximum atomic E-state index is 11.1. The summed E-state index contributed by atoms with van der Waals surface area (Å²) in [6.07, 6.45) is 1.06. The molecule has 0 amide bonds. The van der Waals surface area contributed by atoms with E-state index in [1.54, 1.807) is 0 Å². The molecule has 0 radical (unpaired) electrons. The number of methoxy groups -OCH3 is 1. The number of para-hydroxylation sites is 1. The smallest absolute Gasteiger partial charge is 0.305 e. The van der Waals surface area contributed by atoms with Crippen molar-refractivity contribution in [3.05, 3.63) is 29.3 Å². The maximum absolute atomic E-state index is 11.1. The van der Waals surface area contributed by atoms with Gasteiger partial charge in [0.05, 0.1) is 13.7 Å². The van der Waals surface area contributed by atoms with Crippen molar-refractivity contribution in [3.63, 3.8) is 0 Å². The first-order chi connectivity index (χ1) is 10.0. The molecule has 0 aromatic heterocycles. The molecule has 4 nitrogen and oxygen atoms in total. The lowest BCUT2D eigenvalue weighted by atomic mass is 10.1. The molecular formula is C17H27NO3. The largest absolute Gasteiger partial charge is 0.493 e. The molecule has 0 aliphatic carbocycles. The van der Waals surface area contributed by atoms with E-state index in [0.29, 0.717) is 25.4 Å². The predicted molar refractivity (Wildman–Crippen MR) is 84.5 cm³/mol. The minimum atomic E-state index is -0.192. The fourth-order valence-corrected chi connectivity index (χ4v) is 2.05. The van der Waals surface area contributed by atoms with Gasteiger partial charge in [-0.05, 0) is 31.4 Å². The van der Waals surface area contributed by atoms with Crippen LogP contribution in [0.1, 0.15) is 37.8 Å². The Labute approximate surface area is 127 Å². The van der Waals surface area contributed by atoms with Crippen LogP contribution in [0.2, 0.25) is 0 Å². The average Bonchev–Trinajstić information content (AvgIpc) is 2.45. The van der Waals surface area contributed by atoms with Gasteiger partial charge < -0.3 is 14.8 Å². The van der Waals surface area contributed by atoms with Gasteiger partial charge in [-0.3, -0.25) is 4.79 Å². The summed E-state index contributed by atoms with van der Waals surface area (Å²) in [5.74, 6) is 1.36. The minimum absolute atomic E-state index is 0.192. The van der Waals surface area contributed by atoms with Gasteiger partial charge in [-0.25, -0.2) is 0 Å². The molecule has 0 aliphatic rings. The number of carbonyl (C=O) groups is 1. The van der Waals surface area contributed by atoms with Crippen LogP contribution in [0, 0.1) is 12.8 Å². The van der Waals surface area contributed by atoms with E-state index in [9.17, 15) is 4.79 Å². The van der Waals surface area contributed by atoms with E-state index in [1.807, 2.05) is 19.1 Å². The molecule has 118 valence electrons. The molecular weight excluding hydrogens is 266 g/mol. The molecule has 4 heteroatoms. The molecule has 0 bridgehead atoms. The molecule has 0 unspecified atom stereocenters. The second-order valence-electron chi connectivity index (χ2n) is 5.62. The van der Waals surface area contributed by atoms with Crippen LogP contribution in [0.15, 0.2) is 18.2 Å². The summed E-state index contributed by atoms with van der Waals surface area (Å²) in [7, 11) is 1.41. The first-order valence-corrected chi connectivity index (χ1v) is 7.53. The highest BCUT2D eigenvalue weighted by Gasteiger charge is 2.08. The van der Waals surface area contributed by atoms with Crippen molar-refractivity contribution in [1.29, 1.82) is 0 Å². The van der Waals surface area contributed by atoms with E-state index < -0.39 is 0 Å². The molecule has 0 heterocycles. The Morgan fingerprint density at radius 3 is 2.76 bits per heavy atom. The molecule has 0 aliphatic heterocycles. The van der Waals surface area contributed by atoms with Gasteiger partial charge in [0, 0.05) is 18.5 Å². The Morgan fingerprint density at radius 1 is 1.33 bits per heavy atom. The van der Waals surface area contributed by atoms with Crippen molar-refractivity contribution in [2.24, 2.45) is 5.92 Å². The van der Waals surface area contributed by atoms with Crippen LogP contribution < -0.4 is 10.1 Å². The van der Waals surface area contributed by atoms with Gasteiger partial charge in [0.15, 0.2) is 0 Å². The van der Waals surface area contributed by atoms with E-state index in [1.165, 1.54) is 7.11 Å². The monoisotopic (exact) mass is 293 g/mol. The van der Waals surface area contributed by atoms with E-state index in [2.05, 4.69) is 30.0 Å².